The third-order valence-electron chi connectivity index (χ3n) is 3.12. The molecule has 0 atom stereocenters. The molecule has 0 aromatic carbocycles. The average Bonchev–Trinajstić information content (AvgIpc) is 3.01. The summed E-state index contributed by atoms with van der Waals surface area (Å²) in [5, 5.41) is 9.09. The molecule has 1 aromatic heterocycles. The van der Waals surface area contributed by atoms with Crippen LogP contribution < -0.4 is 0 Å². The molecule has 17 heavy (non-hydrogen) atoms. The van der Waals surface area contributed by atoms with Crippen LogP contribution in [0, 0.1) is 0 Å². The van der Waals surface area contributed by atoms with Gasteiger partial charge < -0.3 is 9.67 Å². The minimum Gasteiger partial charge on any atom is -0.390 e. The lowest BCUT2D eigenvalue weighted by Gasteiger charge is -2.18. The van der Waals surface area contributed by atoms with Crippen LogP contribution in [0.5, 0.6) is 0 Å². The highest BCUT2D eigenvalue weighted by Gasteiger charge is 2.37. The van der Waals surface area contributed by atoms with Crippen molar-refractivity contribution in [2.75, 3.05) is 6.54 Å². The standard InChI is InChI=1S/C11H18N2O3S/c1-3-13(9-4-5-9)17(15,16)11-6-10(8-14)12(2)7-11/h6-7,9,14H,3-5,8H2,1-2H3. The lowest BCUT2D eigenvalue weighted by atomic mass is 10.5. The van der Waals surface area contributed by atoms with Gasteiger partial charge >= 0.3 is 0 Å². The van der Waals surface area contributed by atoms with Crippen molar-refractivity contribution in [1.29, 1.82) is 0 Å². The van der Waals surface area contributed by atoms with Gasteiger partial charge in [-0.05, 0) is 18.9 Å². The van der Waals surface area contributed by atoms with E-state index in [0.29, 0.717) is 12.2 Å². The monoisotopic (exact) mass is 258 g/mol. The highest BCUT2D eigenvalue weighted by molar-refractivity contribution is 7.89. The molecule has 1 aromatic rings. The molecule has 0 bridgehead atoms. The molecule has 0 unspecified atom stereocenters. The van der Waals surface area contributed by atoms with E-state index in [1.807, 2.05) is 6.92 Å². The molecule has 1 aliphatic carbocycles. The first-order chi connectivity index (χ1) is 8.00. The summed E-state index contributed by atoms with van der Waals surface area (Å²) in [4.78, 5) is 0.276. The molecule has 0 aliphatic heterocycles. The fourth-order valence-electron chi connectivity index (χ4n) is 2.00. The number of hydrogen-bond acceptors (Lipinski definition) is 3. The Balaban J connectivity index is 2.36. The van der Waals surface area contributed by atoms with Crippen molar-refractivity contribution in [1.82, 2.24) is 8.87 Å². The van der Waals surface area contributed by atoms with Crippen molar-refractivity contribution in [2.24, 2.45) is 7.05 Å². The summed E-state index contributed by atoms with van der Waals surface area (Å²) in [7, 11) is -1.66. The minimum atomic E-state index is -3.40. The third-order valence-corrected chi connectivity index (χ3v) is 5.11. The van der Waals surface area contributed by atoms with Crippen LogP contribution in [0.1, 0.15) is 25.5 Å². The Hall–Kier alpha value is -0.850. The van der Waals surface area contributed by atoms with Gasteiger partial charge in [-0.1, -0.05) is 6.92 Å². The first-order valence-corrected chi connectivity index (χ1v) is 7.22. The molecule has 0 spiro atoms. The Labute approximate surface area is 102 Å². The van der Waals surface area contributed by atoms with Crippen LogP contribution in [-0.2, 0) is 23.7 Å². The highest BCUT2D eigenvalue weighted by atomic mass is 32.2. The number of aliphatic hydroxyl groups excluding tert-OH is 1. The van der Waals surface area contributed by atoms with E-state index in [1.165, 1.54) is 0 Å². The summed E-state index contributed by atoms with van der Waals surface area (Å²) in [5.41, 5.74) is 0.607. The zero-order valence-corrected chi connectivity index (χ0v) is 10.9. The summed E-state index contributed by atoms with van der Waals surface area (Å²) >= 11 is 0. The van der Waals surface area contributed by atoms with Gasteiger partial charge in [0.2, 0.25) is 10.0 Å². The molecule has 1 fully saturated rings. The Morgan fingerprint density at radius 3 is 2.59 bits per heavy atom. The van der Waals surface area contributed by atoms with E-state index in [2.05, 4.69) is 0 Å². The summed E-state index contributed by atoms with van der Waals surface area (Å²) in [6.45, 7) is 2.20. The average molecular weight is 258 g/mol. The minimum absolute atomic E-state index is 0.151. The molecule has 0 radical (unpaired) electrons. The Kier molecular flexibility index (Phi) is 3.29. The normalized spacial score (nSPS) is 16.7. The zero-order valence-electron chi connectivity index (χ0n) is 10.1. The van der Waals surface area contributed by atoms with Crippen LogP contribution in [0.15, 0.2) is 17.2 Å². The number of hydrogen-bond donors (Lipinski definition) is 1. The molecule has 1 heterocycles. The molecule has 5 nitrogen and oxygen atoms in total. The van der Waals surface area contributed by atoms with Gasteiger partial charge in [0.1, 0.15) is 4.90 Å². The van der Waals surface area contributed by atoms with Crippen molar-refractivity contribution in [3.05, 3.63) is 18.0 Å². The van der Waals surface area contributed by atoms with E-state index >= 15 is 0 Å². The van der Waals surface area contributed by atoms with Crippen molar-refractivity contribution < 1.29 is 13.5 Å². The molecule has 1 aliphatic rings. The molecular formula is C11H18N2O3S. The predicted octanol–water partition coefficient (Wildman–Crippen LogP) is 0.690. The molecule has 6 heteroatoms. The van der Waals surface area contributed by atoms with Gasteiger partial charge in [-0.3, -0.25) is 0 Å². The van der Waals surface area contributed by atoms with Crippen LogP contribution in [0.2, 0.25) is 0 Å². The first-order valence-electron chi connectivity index (χ1n) is 5.78. The highest BCUT2D eigenvalue weighted by Crippen LogP contribution is 2.32. The summed E-state index contributed by atoms with van der Waals surface area (Å²) in [5.74, 6) is 0. The van der Waals surface area contributed by atoms with E-state index in [0.717, 1.165) is 12.8 Å². The second-order valence-electron chi connectivity index (χ2n) is 4.38. The Morgan fingerprint density at radius 2 is 2.18 bits per heavy atom. The van der Waals surface area contributed by atoms with Crippen LogP contribution in [0.4, 0.5) is 0 Å². The fraction of sp³-hybridized carbons (Fsp3) is 0.636. The molecule has 96 valence electrons. The van der Waals surface area contributed by atoms with E-state index in [9.17, 15) is 8.42 Å². The topological polar surface area (TPSA) is 62.5 Å². The van der Waals surface area contributed by atoms with Crippen molar-refractivity contribution in [3.63, 3.8) is 0 Å². The number of rotatable bonds is 5. The van der Waals surface area contributed by atoms with E-state index < -0.39 is 10.0 Å². The maximum atomic E-state index is 12.4. The largest absolute Gasteiger partial charge is 0.390 e. The van der Waals surface area contributed by atoms with E-state index in [4.69, 9.17) is 5.11 Å². The maximum Gasteiger partial charge on any atom is 0.244 e. The Morgan fingerprint density at radius 1 is 1.53 bits per heavy atom. The molecule has 1 saturated carbocycles. The van der Waals surface area contributed by atoms with Gasteiger partial charge in [-0.15, -0.1) is 0 Å². The van der Waals surface area contributed by atoms with Crippen LogP contribution in [0.3, 0.4) is 0 Å². The second-order valence-corrected chi connectivity index (χ2v) is 6.27. The molecular weight excluding hydrogens is 240 g/mol. The van der Waals surface area contributed by atoms with Gasteiger partial charge in [-0.2, -0.15) is 4.31 Å². The SMILES string of the molecule is CCN(C1CC1)S(=O)(=O)c1cc(CO)n(C)c1. The third kappa shape index (κ3) is 2.25. The molecule has 0 saturated heterocycles. The molecule has 0 amide bonds. The number of aromatic nitrogens is 1. The Bertz CT molecular complexity index is 503. The maximum absolute atomic E-state index is 12.4. The van der Waals surface area contributed by atoms with E-state index in [-0.39, 0.29) is 17.5 Å². The smallest absolute Gasteiger partial charge is 0.244 e. The number of aryl methyl sites for hydroxylation is 1. The van der Waals surface area contributed by atoms with Crippen LogP contribution in [0.25, 0.3) is 0 Å². The zero-order chi connectivity index (χ0) is 12.6. The van der Waals surface area contributed by atoms with Crippen LogP contribution in [-0.4, -0.2) is 35.0 Å². The van der Waals surface area contributed by atoms with Gasteiger partial charge in [0, 0.05) is 31.5 Å². The van der Waals surface area contributed by atoms with Crippen molar-refractivity contribution >= 4 is 10.0 Å². The number of sulfonamides is 1. The van der Waals surface area contributed by atoms with Gasteiger partial charge in [0.05, 0.1) is 6.61 Å². The quantitative estimate of drug-likeness (QED) is 0.845. The first kappa shape index (κ1) is 12.6. The van der Waals surface area contributed by atoms with Crippen molar-refractivity contribution in [2.45, 2.75) is 37.3 Å². The van der Waals surface area contributed by atoms with E-state index in [1.54, 1.807) is 28.2 Å². The number of aliphatic hydroxyl groups is 1. The summed E-state index contributed by atoms with van der Waals surface area (Å²) < 4.78 is 27.9. The van der Waals surface area contributed by atoms with Gasteiger partial charge in [0.15, 0.2) is 0 Å². The summed E-state index contributed by atoms with van der Waals surface area (Å²) in [6.07, 6.45) is 3.46. The van der Waals surface area contributed by atoms with Gasteiger partial charge in [0.25, 0.3) is 0 Å². The predicted molar refractivity (Wildman–Crippen MR) is 63.9 cm³/mol. The lowest BCUT2D eigenvalue weighted by molar-refractivity contribution is 0.272. The second kappa shape index (κ2) is 4.44. The molecule has 1 N–H and O–H groups in total. The van der Waals surface area contributed by atoms with Gasteiger partial charge in [-0.25, -0.2) is 8.42 Å². The summed E-state index contributed by atoms with van der Waals surface area (Å²) in [6, 6.07) is 1.71. The van der Waals surface area contributed by atoms with Crippen LogP contribution >= 0.6 is 0 Å². The lowest BCUT2D eigenvalue weighted by Crippen LogP contribution is -2.32. The molecule has 2 rings (SSSR count). The fourth-order valence-corrected chi connectivity index (χ4v) is 3.79. The van der Waals surface area contributed by atoms with Crippen molar-refractivity contribution in [3.8, 4) is 0 Å². The number of nitrogens with zero attached hydrogens (tertiary/aromatic N) is 2.